The number of likely N-dealkylation sites (tertiary alicyclic amines) is 1. The van der Waals surface area contributed by atoms with Gasteiger partial charge in [0.2, 0.25) is 5.91 Å². The van der Waals surface area contributed by atoms with Crippen LogP contribution in [0.25, 0.3) is 0 Å². The van der Waals surface area contributed by atoms with Crippen molar-refractivity contribution in [1.29, 1.82) is 0 Å². The molecule has 0 bridgehead atoms. The maximum absolute atomic E-state index is 12.9. The van der Waals surface area contributed by atoms with E-state index >= 15 is 0 Å². The van der Waals surface area contributed by atoms with Crippen LogP contribution in [-0.2, 0) is 27.8 Å². The Bertz CT molecular complexity index is 1030. The number of fused-ring (bicyclic) bond motifs is 1. The van der Waals surface area contributed by atoms with Gasteiger partial charge in [-0.25, -0.2) is 9.78 Å². The van der Waals surface area contributed by atoms with E-state index in [0.29, 0.717) is 18.9 Å². The van der Waals surface area contributed by atoms with Crippen LogP contribution in [0.3, 0.4) is 0 Å². The maximum Gasteiger partial charge on any atom is 0.326 e. The molecule has 0 unspecified atom stereocenters. The molecule has 0 radical (unpaired) electrons. The van der Waals surface area contributed by atoms with Gasteiger partial charge in [0.15, 0.2) is 0 Å². The number of aromatic nitrogens is 2. The van der Waals surface area contributed by atoms with E-state index in [2.05, 4.69) is 32.7 Å². The molecule has 188 valence electrons. The minimum Gasteiger partial charge on any atom is -0.480 e. The molecule has 0 spiro atoms. The van der Waals surface area contributed by atoms with Gasteiger partial charge >= 0.3 is 5.97 Å². The highest BCUT2D eigenvalue weighted by molar-refractivity contribution is 5.90. The standard InChI is InChI=1S/C27H37N5O3/c1-27(2,21-6-4-13-28-17-21)26(35)31-23(25(33)34)12-16-32-15-11-19(18-32)7-9-22-10-8-20-5-3-14-29-24(20)30-22/h4,6,8,10,13,17,19,23H,3,5,7,9,11-12,14-16,18H2,1-2H3,(H,29,30)(H,31,35)(H,33,34)/t19-,23+/m1/s1. The third-order valence-corrected chi connectivity index (χ3v) is 7.42. The summed E-state index contributed by atoms with van der Waals surface area (Å²) in [5.41, 5.74) is 2.35. The fraction of sp³-hybridized carbons (Fsp3) is 0.556. The van der Waals surface area contributed by atoms with Crippen molar-refractivity contribution < 1.29 is 14.7 Å². The van der Waals surface area contributed by atoms with Gasteiger partial charge in [0, 0.05) is 37.7 Å². The first-order valence-electron chi connectivity index (χ1n) is 12.7. The average molecular weight is 480 g/mol. The summed E-state index contributed by atoms with van der Waals surface area (Å²) in [6.07, 6.45) is 9.12. The van der Waals surface area contributed by atoms with Gasteiger partial charge in [-0.15, -0.1) is 0 Å². The minimum absolute atomic E-state index is 0.302. The van der Waals surface area contributed by atoms with Gasteiger partial charge in [0.05, 0.1) is 5.41 Å². The van der Waals surface area contributed by atoms with Crippen molar-refractivity contribution in [3.63, 3.8) is 0 Å². The molecule has 2 aliphatic heterocycles. The summed E-state index contributed by atoms with van der Waals surface area (Å²) in [6.45, 7) is 7.16. The van der Waals surface area contributed by atoms with E-state index < -0.39 is 17.4 Å². The number of carbonyl (C=O) groups excluding carboxylic acids is 1. The van der Waals surface area contributed by atoms with Crippen LogP contribution < -0.4 is 10.6 Å². The fourth-order valence-electron chi connectivity index (χ4n) is 4.98. The number of nitrogens with zero attached hydrogens (tertiary/aromatic N) is 3. The number of pyridine rings is 2. The molecule has 1 saturated heterocycles. The monoisotopic (exact) mass is 479 g/mol. The maximum atomic E-state index is 12.9. The topological polar surface area (TPSA) is 107 Å². The first-order chi connectivity index (χ1) is 16.8. The zero-order valence-electron chi connectivity index (χ0n) is 20.8. The van der Waals surface area contributed by atoms with Crippen molar-refractivity contribution in [3.8, 4) is 0 Å². The molecule has 35 heavy (non-hydrogen) atoms. The third kappa shape index (κ3) is 6.36. The quantitative estimate of drug-likeness (QED) is 0.481. The molecule has 4 rings (SSSR count). The summed E-state index contributed by atoms with van der Waals surface area (Å²) in [7, 11) is 0. The molecule has 2 aliphatic rings. The minimum atomic E-state index is -0.997. The van der Waals surface area contributed by atoms with Gasteiger partial charge in [-0.1, -0.05) is 12.1 Å². The first-order valence-corrected chi connectivity index (χ1v) is 12.7. The Morgan fingerprint density at radius 2 is 2.17 bits per heavy atom. The Labute approximate surface area is 207 Å². The number of amides is 1. The van der Waals surface area contributed by atoms with Crippen LogP contribution in [0, 0.1) is 5.92 Å². The summed E-state index contributed by atoms with van der Waals surface area (Å²) in [6, 6.07) is 7.07. The molecular formula is C27H37N5O3. The Kier molecular flexibility index (Phi) is 8.00. The molecule has 0 saturated carbocycles. The summed E-state index contributed by atoms with van der Waals surface area (Å²) in [4.78, 5) is 36.0. The van der Waals surface area contributed by atoms with Crippen LogP contribution in [0.2, 0.25) is 0 Å². The van der Waals surface area contributed by atoms with Gasteiger partial charge in [-0.2, -0.15) is 0 Å². The second kappa shape index (κ2) is 11.2. The number of anilines is 1. The first kappa shape index (κ1) is 25.1. The van der Waals surface area contributed by atoms with Crippen molar-refractivity contribution in [2.75, 3.05) is 31.5 Å². The highest BCUT2D eigenvalue weighted by Gasteiger charge is 2.33. The number of hydrogen-bond acceptors (Lipinski definition) is 6. The molecule has 3 N–H and O–H groups in total. The Balaban J connectivity index is 1.24. The summed E-state index contributed by atoms with van der Waals surface area (Å²) >= 11 is 0. The number of aryl methyl sites for hydroxylation is 2. The molecule has 8 nitrogen and oxygen atoms in total. The fourth-order valence-corrected chi connectivity index (χ4v) is 4.98. The van der Waals surface area contributed by atoms with Crippen molar-refractivity contribution in [1.82, 2.24) is 20.2 Å². The van der Waals surface area contributed by atoms with Crippen LogP contribution in [0.4, 0.5) is 5.82 Å². The molecule has 0 aliphatic carbocycles. The summed E-state index contributed by atoms with van der Waals surface area (Å²) in [5.74, 6) is 0.339. The molecular weight excluding hydrogens is 442 g/mol. The Morgan fingerprint density at radius 1 is 1.31 bits per heavy atom. The van der Waals surface area contributed by atoms with Gasteiger partial charge in [-0.3, -0.25) is 9.78 Å². The van der Waals surface area contributed by atoms with E-state index in [9.17, 15) is 14.7 Å². The lowest BCUT2D eigenvalue weighted by molar-refractivity contribution is -0.142. The average Bonchev–Trinajstić information content (AvgIpc) is 3.33. The Morgan fingerprint density at radius 3 is 2.94 bits per heavy atom. The highest BCUT2D eigenvalue weighted by Crippen LogP contribution is 2.25. The lowest BCUT2D eigenvalue weighted by atomic mass is 9.84. The van der Waals surface area contributed by atoms with Gasteiger partial charge in [-0.05, 0) is 88.1 Å². The molecule has 2 aromatic rings. The molecule has 8 heteroatoms. The second-order valence-corrected chi connectivity index (χ2v) is 10.4. The number of hydrogen-bond donors (Lipinski definition) is 3. The number of carboxylic acids is 1. The van der Waals surface area contributed by atoms with E-state index in [1.165, 1.54) is 12.0 Å². The smallest absolute Gasteiger partial charge is 0.326 e. The van der Waals surface area contributed by atoms with Crippen LogP contribution in [0.1, 0.15) is 56.4 Å². The van der Waals surface area contributed by atoms with Crippen LogP contribution in [0.5, 0.6) is 0 Å². The molecule has 1 amide bonds. The van der Waals surface area contributed by atoms with Crippen molar-refractivity contribution in [3.05, 3.63) is 53.5 Å². The number of carbonyl (C=O) groups is 2. The van der Waals surface area contributed by atoms with Gasteiger partial charge < -0.3 is 20.6 Å². The Hall–Kier alpha value is -3.00. The number of nitrogens with one attached hydrogen (secondary N) is 2. The lowest BCUT2D eigenvalue weighted by Gasteiger charge is -2.27. The van der Waals surface area contributed by atoms with Crippen molar-refractivity contribution in [2.24, 2.45) is 5.92 Å². The van der Waals surface area contributed by atoms with Crippen molar-refractivity contribution >= 4 is 17.7 Å². The van der Waals surface area contributed by atoms with Crippen LogP contribution in [-0.4, -0.2) is 64.1 Å². The second-order valence-electron chi connectivity index (χ2n) is 10.4. The zero-order chi connectivity index (χ0) is 24.8. The van der Waals surface area contributed by atoms with Gasteiger partial charge in [0.1, 0.15) is 11.9 Å². The normalized spacial score (nSPS) is 19.0. The summed E-state index contributed by atoms with van der Waals surface area (Å²) in [5, 5.41) is 15.9. The number of aliphatic carboxylic acids is 1. The molecule has 1 fully saturated rings. The van der Waals surface area contributed by atoms with Gasteiger partial charge in [0.25, 0.3) is 0 Å². The van der Waals surface area contributed by atoms with E-state index in [-0.39, 0.29) is 5.91 Å². The van der Waals surface area contributed by atoms with E-state index in [1.54, 1.807) is 32.3 Å². The van der Waals surface area contributed by atoms with E-state index in [4.69, 9.17) is 4.98 Å². The van der Waals surface area contributed by atoms with E-state index in [0.717, 1.165) is 62.4 Å². The van der Waals surface area contributed by atoms with Crippen molar-refractivity contribution in [2.45, 2.75) is 63.8 Å². The molecule has 0 aromatic carbocycles. The van der Waals surface area contributed by atoms with E-state index in [1.807, 2.05) is 6.07 Å². The van der Waals surface area contributed by atoms with Crippen LogP contribution in [0.15, 0.2) is 36.7 Å². The zero-order valence-corrected chi connectivity index (χ0v) is 20.8. The molecule has 2 aromatic heterocycles. The summed E-state index contributed by atoms with van der Waals surface area (Å²) < 4.78 is 0. The SMILES string of the molecule is CC(C)(C(=O)N[C@@H](CCN1CC[C@@H](CCc2ccc3c(n2)NCCC3)C1)C(=O)O)c1cccnc1. The predicted molar refractivity (Wildman–Crippen MR) is 135 cm³/mol. The number of carboxylic acid groups (broad SMARTS) is 1. The third-order valence-electron chi connectivity index (χ3n) is 7.42. The van der Waals surface area contributed by atoms with Crippen LogP contribution >= 0.6 is 0 Å². The largest absolute Gasteiger partial charge is 0.480 e. The predicted octanol–water partition coefficient (Wildman–Crippen LogP) is 3.03. The molecule has 4 heterocycles. The highest BCUT2D eigenvalue weighted by atomic mass is 16.4. The number of rotatable bonds is 10. The lowest BCUT2D eigenvalue weighted by Crippen LogP contribution is -2.49. The molecule has 2 atom stereocenters.